The van der Waals surface area contributed by atoms with Gasteiger partial charge in [-0.3, -0.25) is 14.2 Å². The zero-order chi connectivity index (χ0) is 29.9. The van der Waals surface area contributed by atoms with Gasteiger partial charge in [0.15, 0.2) is 0 Å². The Morgan fingerprint density at radius 2 is 1.66 bits per heavy atom. The maximum atomic E-state index is 14.3. The Labute approximate surface area is 237 Å². The fraction of sp³-hybridized carbons (Fsp3) is 0.419. The van der Waals surface area contributed by atoms with Crippen LogP contribution in [0, 0.1) is 0 Å². The normalized spacial score (nSPS) is 16.1. The van der Waals surface area contributed by atoms with Crippen molar-refractivity contribution in [3.05, 3.63) is 69.6 Å². The molecule has 2 aliphatic rings. The average molecular weight is 572 g/mol. The van der Waals surface area contributed by atoms with Crippen LogP contribution in [0.25, 0.3) is 16.8 Å². The molecule has 7 nitrogen and oxygen atoms in total. The van der Waals surface area contributed by atoms with Crippen LogP contribution in [0.1, 0.15) is 50.3 Å². The smallest absolute Gasteiger partial charge is 0.418 e. The molecule has 10 heteroatoms. The molecule has 41 heavy (non-hydrogen) atoms. The molecule has 1 saturated heterocycles. The number of nitrogens with one attached hydrogen (secondary N) is 1. The van der Waals surface area contributed by atoms with Crippen LogP contribution < -0.4 is 25.2 Å². The molecule has 1 N–H and O–H groups in total. The molecular weight excluding hydrogens is 535 g/mol. The van der Waals surface area contributed by atoms with Gasteiger partial charge < -0.3 is 19.7 Å². The van der Waals surface area contributed by atoms with E-state index >= 15 is 0 Å². The van der Waals surface area contributed by atoms with E-state index in [9.17, 15) is 22.8 Å². The third-order valence-corrected chi connectivity index (χ3v) is 7.45. The van der Waals surface area contributed by atoms with Crippen molar-refractivity contribution in [2.24, 2.45) is 0 Å². The fourth-order valence-corrected chi connectivity index (χ4v) is 5.63. The predicted molar refractivity (Wildman–Crippen MR) is 153 cm³/mol. The van der Waals surface area contributed by atoms with E-state index in [0.29, 0.717) is 66.2 Å². The quantitative estimate of drug-likeness (QED) is 0.407. The molecule has 220 valence electrons. The first-order valence-electron chi connectivity index (χ1n) is 13.8. The van der Waals surface area contributed by atoms with Gasteiger partial charge in [0, 0.05) is 55.1 Å². The van der Waals surface area contributed by atoms with Crippen LogP contribution in [-0.4, -0.2) is 43.8 Å². The summed E-state index contributed by atoms with van der Waals surface area (Å²) in [7, 11) is 3.06. The van der Waals surface area contributed by atoms with Crippen molar-refractivity contribution < 1.29 is 27.4 Å². The minimum atomic E-state index is -4.67. The number of halogens is 3. The molecule has 1 aromatic heterocycles. The maximum absolute atomic E-state index is 14.3. The Morgan fingerprint density at radius 3 is 2.27 bits per heavy atom. The number of aromatic nitrogens is 1. The van der Waals surface area contributed by atoms with Crippen molar-refractivity contribution in [1.29, 1.82) is 0 Å². The lowest BCUT2D eigenvalue weighted by Gasteiger charge is -2.23. The van der Waals surface area contributed by atoms with Crippen molar-refractivity contribution in [3.63, 3.8) is 0 Å². The summed E-state index contributed by atoms with van der Waals surface area (Å²) in [5.74, 6) is 0.922. The molecule has 1 unspecified atom stereocenters. The first-order valence-corrected chi connectivity index (χ1v) is 13.8. The molecule has 2 aromatic carbocycles. The number of ether oxygens (including phenoxy) is 2. The van der Waals surface area contributed by atoms with E-state index in [2.05, 4.69) is 5.32 Å². The third kappa shape index (κ3) is 6.21. The number of fused-ring (bicyclic) bond motifs is 1. The number of pyridine rings is 1. The highest BCUT2D eigenvalue weighted by molar-refractivity contribution is 5.74. The van der Waals surface area contributed by atoms with Crippen LogP contribution in [0.5, 0.6) is 11.5 Å². The van der Waals surface area contributed by atoms with E-state index in [4.69, 9.17) is 9.47 Å². The summed E-state index contributed by atoms with van der Waals surface area (Å²) in [6.45, 7) is 6.48. The number of rotatable bonds is 6. The number of hydrogen-bond acceptors (Lipinski definition) is 5. The molecular formula is C31H36F3N3O4. The van der Waals surface area contributed by atoms with Gasteiger partial charge in [-0.1, -0.05) is 13.8 Å². The van der Waals surface area contributed by atoms with E-state index < -0.39 is 17.3 Å². The lowest BCUT2D eigenvalue weighted by molar-refractivity contribution is -0.137. The maximum Gasteiger partial charge on any atom is 0.418 e. The average Bonchev–Trinajstić information content (AvgIpc) is 3.63. The van der Waals surface area contributed by atoms with Crippen LogP contribution in [-0.2, 0) is 23.8 Å². The number of benzene rings is 2. The number of amides is 1. The molecule has 3 aromatic rings. The fourth-order valence-electron chi connectivity index (χ4n) is 5.63. The van der Waals surface area contributed by atoms with E-state index in [1.165, 1.54) is 39.5 Å². The summed E-state index contributed by atoms with van der Waals surface area (Å²) in [5, 5.41) is 2.87. The summed E-state index contributed by atoms with van der Waals surface area (Å²) < 4.78 is 54.8. The highest BCUT2D eigenvalue weighted by Crippen LogP contribution is 2.39. The van der Waals surface area contributed by atoms with Gasteiger partial charge in [0.2, 0.25) is 5.91 Å². The molecule has 5 rings (SSSR count). The Morgan fingerprint density at radius 1 is 1.00 bits per heavy atom. The highest BCUT2D eigenvalue weighted by Gasteiger charge is 2.36. The van der Waals surface area contributed by atoms with Crippen LogP contribution >= 0.6 is 0 Å². The molecule has 0 bridgehead atoms. The van der Waals surface area contributed by atoms with E-state index in [0.717, 1.165) is 22.6 Å². The number of carbonyl (C=O) groups is 1. The Balaban J connectivity index is 0.00000189. The van der Waals surface area contributed by atoms with Gasteiger partial charge in [-0.15, -0.1) is 0 Å². The van der Waals surface area contributed by atoms with Gasteiger partial charge in [-0.05, 0) is 67.1 Å². The van der Waals surface area contributed by atoms with Gasteiger partial charge in [-0.2, -0.15) is 13.2 Å². The minimum absolute atomic E-state index is 0.0920. The van der Waals surface area contributed by atoms with Crippen molar-refractivity contribution in [1.82, 2.24) is 9.88 Å². The van der Waals surface area contributed by atoms with Gasteiger partial charge in [0.05, 0.1) is 25.5 Å². The Bertz CT molecular complexity index is 1460. The summed E-state index contributed by atoms with van der Waals surface area (Å²) in [6, 6.07) is 9.09. The first kappa shape index (κ1) is 30.0. The van der Waals surface area contributed by atoms with Gasteiger partial charge >= 0.3 is 6.18 Å². The topological polar surface area (TPSA) is 72.8 Å². The lowest BCUT2D eigenvalue weighted by atomic mass is 9.98. The molecule has 2 heterocycles. The summed E-state index contributed by atoms with van der Waals surface area (Å²) in [6.07, 6.45) is -0.586. The molecule has 0 spiro atoms. The van der Waals surface area contributed by atoms with E-state index in [1.54, 1.807) is 18.2 Å². The molecule has 1 fully saturated rings. The zero-order valence-electron chi connectivity index (χ0n) is 24.0. The van der Waals surface area contributed by atoms with Crippen molar-refractivity contribution in [2.45, 2.75) is 58.7 Å². The number of hydrogen-bond donors (Lipinski definition) is 1. The molecule has 1 amide bonds. The van der Waals surface area contributed by atoms with Gasteiger partial charge in [0.25, 0.3) is 5.56 Å². The van der Waals surface area contributed by atoms with E-state index in [1.807, 2.05) is 18.7 Å². The number of nitrogens with zero attached hydrogens (tertiary/aromatic N) is 2. The molecule has 1 aliphatic heterocycles. The standard InChI is InChI=1S/C29H30F3N3O4.C2H6/c1-17(36)33-19-9-10-34(15-19)20-7-8-26(29(30,31)32)27(13-20)35-16-25(23-5-4-6-24(23)28(35)37)18-11-21(38-2)14-22(12-18)39-3;1-2/h7-8,11-14,16,19H,4-6,9-10,15H2,1-3H3,(H,33,36);1-2H3. The monoisotopic (exact) mass is 571 g/mol. The van der Waals surface area contributed by atoms with Gasteiger partial charge in [0.1, 0.15) is 11.5 Å². The van der Waals surface area contributed by atoms with E-state index in [-0.39, 0.29) is 17.6 Å². The summed E-state index contributed by atoms with van der Waals surface area (Å²) in [5.41, 5.74) is 1.74. The highest BCUT2D eigenvalue weighted by atomic mass is 19.4. The number of alkyl halides is 3. The second-order valence-corrected chi connectivity index (χ2v) is 9.96. The predicted octanol–water partition coefficient (Wildman–Crippen LogP) is 5.77. The second kappa shape index (κ2) is 12.3. The molecule has 1 atom stereocenters. The van der Waals surface area contributed by atoms with Crippen molar-refractivity contribution in [3.8, 4) is 28.3 Å². The molecule has 1 aliphatic carbocycles. The van der Waals surface area contributed by atoms with Crippen LogP contribution in [0.3, 0.4) is 0 Å². The minimum Gasteiger partial charge on any atom is -0.497 e. The summed E-state index contributed by atoms with van der Waals surface area (Å²) >= 11 is 0. The van der Waals surface area contributed by atoms with Crippen LogP contribution in [0.4, 0.5) is 18.9 Å². The Hall–Kier alpha value is -3.95. The molecule has 0 saturated carbocycles. The third-order valence-electron chi connectivity index (χ3n) is 7.45. The van der Waals surface area contributed by atoms with Crippen LogP contribution in [0.2, 0.25) is 0 Å². The first-order chi connectivity index (χ1) is 19.6. The lowest BCUT2D eigenvalue weighted by Crippen LogP contribution is -2.35. The van der Waals surface area contributed by atoms with Crippen molar-refractivity contribution in [2.75, 3.05) is 32.2 Å². The Kier molecular flexibility index (Phi) is 8.99. The SMILES string of the molecule is CC.COc1cc(OC)cc(-c2cn(-c3cc(N4CCC(NC(C)=O)C4)ccc3C(F)(F)F)c(=O)c3c2CCC3)c1. The molecule has 0 radical (unpaired) electrons. The number of carbonyl (C=O) groups excluding carboxylic acids is 1. The largest absolute Gasteiger partial charge is 0.497 e. The van der Waals surface area contributed by atoms with Gasteiger partial charge in [-0.25, -0.2) is 0 Å². The van der Waals surface area contributed by atoms with Crippen molar-refractivity contribution >= 4 is 11.6 Å². The summed E-state index contributed by atoms with van der Waals surface area (Å²) in [4.78, 5) is 27.1. The zero-order valence-corrected chi connectivity index (χ0v) is 24.0. The second-order valence-electron chi connectivity index (χ2n) is 9.96. The van der Waals surface area contributed by atoms with Crippen LogP contribution in [0.15, 0.2) is 47.4 Å². The number of anilines is 1. The number of methoxy groups -OCH3 is 2.